The van der Waals surface area contributed by atoms with Crippen LogP contribution in [0.3, 0.4) is 0 Å². The van der Waals surface area contributed by atoms with Crippen molar-refractivity contribution in [2.24, 2.45) is 0 Å². The molecule has 0 aliphatic heterocycles. The maximum atomic E-state index is 12.5. The Morgan fingerprint density at radius 3 is 2.50 bits per heavy atom. The van der Waals surface area contributed by atoms with Gasteiger partial charge in [0, 0.05) is 17.7 Å². The van der Waals surface area contributed by atoms with Crippen molar-refractivity contribution >= 4 is 19.1 Å². The van der Waals surface area contributed by atoms with Gasteiger partial charge < -0.3 is 4.52 Å². The van der Waals surface area contributed by atoms with Crippen molar-refractivity contribution in [3.05, 3.63) is 34.9 Å². The second kappa shape index (κ2) is 7.96. The highest BCUT2D eigenvalue weighted by Gasteiger charge is 2.20. The first-order valence-corrected chi connectivity index (χ1v) is 8.51. The lowest BCUT2D eigenvalue weighted by Crippen LogP contribution is -2.15. The standard InChI is InChI=1S/C13H21ClNO2P/c1-3-5-10-18(16,17-4-2)15-11-12-6-8-13(14)9-7-12/h6-9H,3-5,10-11H2,1-2H3,(H,15,16). The number of nitrogens with one attached hydrogen (secondary N) is 1. The number of benzene rings is 1. The van der Waals surface area contributed by atoms with Crippen LogP contribution in [0, 0.1) is 0 Å². The Balaban J connectivity index is 2.56. The summed E-state index contributed by atoms with van der Waals surface area (Å²) in [5.74, 6) is 0. The Hall–Kier alpha value is -0.340. The Bertz CT molecular complexity index is 394. The first-order chi connectivity index (χ1) is 8.59. The molecular formula is C13H21ClNO2P. The molecule has 0 aromatic heterocycles. The Morgan fingerprint density at radius 2 is 1.94 bits per heavy atom. The first kappa shape index (κ1) is 15.7. The zero-order valence-electron chi connectivity index (χ0n) is 11.0. The second-order valence-corrected chi connectivity index (χ2v) is 6.93. The van der Waals surface area contributed by atoms with Crippen LogP contribution in [0.25, 0.3) is 0 Å². The molecule has 102 valence electrons. The molecular weight excluding hydrogens is 269 g/mol. The van der Waals surface area contributed by atoms with Crippen molar-refractivity contribution in [2.75, 3.05) is 12.8 Å². The fourth-order valence-corrected chi connectivity index (χ4v) is 3.66. The van der Waals surface area contributed by atoms with Gasteiger partial charge in [0.05, 0.1) is 6.61 Å². The van der Waals surface area contributed by atoms with Gasteiger partial charge in [0.25, 0.3) is 7.52 Å². The van der Waals surface area contributed by atoms with Gasteiger partial charge in [0.2, 0.25) is 0 Å². The molecule has 0 aliphatic rings. The normalized spacial score (nSPS) is 14.4. The van der Waals surface area contributed by atoms with E-state index in [1.54, 1.807) is 0 Å². The topological polar surface area (TPSA) is 38.3 Å². The van der Waals surface area contributed by atoms with Crippen molar-refractivity contribution in [1.82, 2.24) is 5.09 Å². The van der Waals surface area contributed by atoms with Gasteiger partial charge >= 0.3 is 0 Å². The monoisotopic (exact) mass is 289 g/mol. The number of rotatable bonds is 8. The molecule has 1 N–H and O–H groups in total. The van der Waals surface area contributed by atoms with Gasteiger partial charge in [-0.2, -0.15) is 0 Å². The summed E-state index contributed by atoms with van der Waals surface area (Å²) in [6, 6.07) is 7.50. The summed E-state index contributed by atoms with van der Waals surface area (Å²) in [5, 5.41) is 3.76. The third-order valence-electron chi connectivity index (χ3n) is 2.58. The van der Waals surface area contributed by atoms with E-state index >= 15 is 0 Å². The lowest BCUT2D eigenvalue weighted by atomic mass is 10.2. The molecule has 1 aromatic carbocycles. The average Bonchev–Trinajstić information content (AvgIpc) is 2.36. The van der Waals surface area contributed by atoms with Gasteiger partial charge in [0.1, 0.15) is 0 Å². The SMILES string of the molecule is CCCCP(=O)(NCc1ccc(Cl)cc1)OCC. The molecule has 0 fully saturated rings. The molecule has 3 nitrogen and oxygen atoms in total. The van der Waals surface area contributed by atoms with E-state index in [-0.39, 0.29) is 0 Å². The number of hydrogen-bond acceptors (Lipinski definition) is 2. The molecule has 0 radical (unpaired) electrons. The molecule has 0 heterocycles. The van der Waals surface area contributed by atoms with E-state index in [0.29, 0.717) is 24.3 Å². The van der Waals surface area contributed by atoms with E-state index in [0.717, 1.165) is 18.4 Å². The van der Waals surface area contributed by atoms with Crippen LogP contribution in [-0.4, -0.2) is 12.8 Å². The maximum Gasteiger partial charge on any atom is 0.270 e. The Kier molecular flexibility index (Phi) is 6.95. The quantitative estimate of drug-likeness (QED) is 0.718. The van der Waals surface area contributed by atoms with Gasteiger partial charge in [-0.25, -0.2) is 5.09 Å². The van der Waals surface area contributed by atoms with Crippen molar-refractivity contribution in [3.8, 4) is 0 Å². The second-order valence-electron chi connectivity index (χ2n) is 4.13. The fraction of sp³-hybridized carbons (Fsp3) is 0.538. The Labute approximate surface area is 114 Å². The van der Waals surface area contributed by atoms with E-state index < -0.39 is 7.52 Å². The third kappa shape index (κ3) is 5.53. The molecule has 18 heavy (non-hydrogen) atoms. The molecule has 0 aliphatic carbocycles. The van der Waals surface area contributed by atoms with Crippen LogP contribution < -0.4 is 5.09 Å². The minimum Gasteiger partial charge on any atom is -0.318 e. The lowest BCUT2D eigenvalue weighted by molar-refractivity contribution is 0.323. The highest BCUT2D eigenvalue weighted by molar-refractivity contribution is 7.56. The van der Waals surface area contributed by atoms with Crippen LogP contribution in [0.5, 0.6) is 0 Å². The predicted molar refractivity (Wildman–Crippen MR) is 77.3 cm³/mol. The lowest BCUT2D eigenvalue weighted by Gasteiger charge is -2.18. The summed E-state index contributed by atoms with van der Waals surface area (Å²) in [6.07, 6.45) is 2.51. The zero-order chi connectivity index (χ0) is 13.4. The van der Waals surface area contributed by atoms with Crippen LogP contribution in [0.15, 0.2) is 24.3 Å². The number of halogens is 1. The molecule has 5 heteroatoms. The predicted octanol–water partition coefficient (Wildman–Crippen LogP) is 4.46. The fourth-order valence-electron chi connectivity index (χ4n) is 1.58. The largest absolute Gasteiger partial charge is 0.318 e. The van der Waals surface area contributed by atoms with E-state index in [1.165, 1.54) is 0 Å². The van der Waals surface area contributed by atoms with Crippen molar-refractivity contribution in [1.29, 1.82) is 0 Å². The van der Waals surface area contributed by atoms with E-state index in [1.807, 2.05) is 31.2 Å². The molecule has 1 rings (SSSR count). The summed E-state index contributed by atoms with van der Waals surface area (Å²) in [5.41, 5.74) is 1.05. The summed E-state index contributed by atoms with van der Waals surface area (Å²) in [7, 11) is -2.70. The minimum absolute atomic E-state index is 0.467. The highest BCUT2D eigenvalue weighted by atomic mass is 35.5. The van der Waals surface area contributed by atoms with Crippen LogP contribution >= 0.6 is 19.1 Å². The van der Waals surface area contributed by atoms with E-state index in [4.69, 9.17) is 16.1 Å². The smallest absolute Gasteiger partial charge is 0.270 e. The molecule has 0 saturated heterocycles. The molecule has 1 atom stereocenters. The maximum absolute atomic E-state index is 12.5. The summed E-state index contributed by atoms with van der Waals surface area (Å²) in [4.78, 5) is 0. The summed E-state index contributed by atoms with van der Waals surface area (Å²) in [6.45, 7) is 4.95. The van der Waals surface area contributed by atoms with Crippen molar-refractivity contribution in [2.45, 2.75) is 33.2 Å². The average molecular weight is 290 g/mol. The van der Waals surface area contributed by atoms with Crippen molar-refractivity contribution in [3.63, 3.8) is 0 Å². The van der Waals surface area contributed by atoms with Crippen molar-refractivity contribution < 1.29 is 9.09 Å². The van der Waals surface area contributed by atoms with Gasteiger partial charge in [0.15, 0.2) is 0 Å². The summed E-state index contributed by atoms with van der Waals surface area (Å²) < 4.78 is 17.8. The molecule has 1 unspecified atom stereocenters. The molecule has 0 bridgehead atoms. The van der Waals surface area contributed by atoms with Gasteiger partial charge in [-0.3, -0.25) is 4.57 Å². The van der Waals surface area contributed by atoms with Crippen LogP contribution in [-0.2, 0) is 15.6 Å². The molecule has 0 spiro atoms. The first-order valence-electron chi connectivity index (χ1n) is 6.33. The molecule has 0 amide bonds. The third-order valence-corrected chi connectivity index (χ3v) is 5.05. The number of unbranched alkanes of at least 4 members (excludes halogenated alkanes) is 1. The minimum atomic E-state index is -2.70. The van der Waals surface area contributed by atoms with Gasteiger partial charge in [-0.15, -0.1) is 0 Å². The van der Waals surface area contributed by atoms with Crippen LogP contribution in [0.4, 0.5) is 0 Å². The number of hydrogen-bond donors (Lipinski definition) is 1. The van der Waals surface area contributed by atoms with Crippen LogP contribution in [0.1, 0.15) is 32.3 Å². The highest BCUT2D eigenvalue weighted by Crippen LogP contribution is 2.43. The molecule has 0 saturated carbocycles. The summed E-state index contributed by atoms with van der Waals surface area (Å²) >= 11 is 5.82. The van der Waals surface area contributed by atoms with E-state index in [2.05, 4.69) is 12.0 Å². The van der Waals surface area contributed by atoms with E-state index in [9.17, 15) is 4.57 Å². The van der Waals surface area contributed by atoms with Crippen LogP contribution in [0.2, 0.25) is 5.02 Å². The van der Waals surface area contributed by atoms with Gasteiger partial charge in [-0.05, 0) is 31.0 Å². The molecule has 1 aromatic rings. The van der Waals surface area contributed by atoms with Gasteiger partial charge in [-0.1, -0.05) is 37.1 Å². The zero-order valence-corrected chi connectivity index (χ0v) is 12.6. The Morgan fingerprint density at radius 1 is 1.28 bits per heavy atom.